The highest BCUT2D eigenvalue weighted by Gasteiger charge is 2.51. The van der Waals surface area contributed by atoms with Crippen LogP contribution < -0.4 is 75.5 Å². The average Bonchev–Trinajstić information content (AvgIpc) is 1.62. The molecular weight excluding hydrogens is 1540 g/mol. The number of nitrogens with zero attached hydrogens (tertiary/aromatic N) is 15. The molecule has 3 saturated carbocycles. The number of aromatic nitrogens is 6. The number of piperidine rings is 3. The number of methoxy groups -OCH3 is 3. The third-order valence-corrected chi connectivity index (χ3v) is 24.5. The second-order valence-corrected chi connectivity index (χ2v) is 32.6. The van der Waals surface area contributed by atoms with E-state index in [0.717, 1.165) is 155 Å². The monoisotopic (exact) mass is 1650 g/mol. The summed E-state index contributed by atoms with van der Waals surface area (Å²) in [6.07, 6.45) is 37.9. The summed E-state index contributed by atoms with van der Waals surface area (Å²) in [5.41, 5.74) is -3.08. The Morgan fingerprint density at radius 3 is 0.900 bits per heavy atom. The van der Waals surface area contributed by atoms with Crippen LogP contribution >= 0.6 is 0 Å². The zero-order chi connectivity index (χ0) is 85.3. The average molecular weight is 1650 g/mol. The summed E-state index contributed by atoms with van der Waals surface area (Å²) in [5.74, 6) is 6.80. The largest absolute Gasteiger partial charge is 0.495 e. The minimum Gasteiger partial charge on any atom is -0.495 e. The van der Waals surface area contributed by atoms with Gasteiger partial charge in [0.15, 0.2) is 17.5 Å². The number of ether oxygens (including phenoxy) is 3. The molecule has 3 aromatic carbocycles. The molecule has 0 spiro atoms. The molecule has 9 aliphatic rings. The number of halogens is 3. The fourth-order valence-electron chi connectivity index (χ4n) is 16.9. The predicted molar refractivity (Wildman–Crippen MR) is 456 cm³/mol. The lowest BCUT2D eigenvalue weighted by molar-refractivity contribution is -0.126. The summed E-state index contributed by atoms with van der Waals surface area (Å²) in [4.78, 5) is 121. The summed E-state index contributed by atoms with van der Waals surface area (Å²) in [6.45, 7) is 4.90. The number of nitrogens with one attached hydrogen (secondary N) is 6. The van der Waals surface area contributed by atoms with Gasteiger partial charge in [-0.3, -0.25) is 28.8 Å². The highest BCUT2D eigenvalue weighted by atomic mass is 19.2. The number of benzene rings is 3. The number of alkyl halides is 3. The summed E-state index contributed by atoms with van der Waals surface area (Å²) < 4.78 is 63.8. The Morgan fingerprint density at radius 1 is 0.400 bits per heavy atom. The Morgan fingerprint density at radius 2 is 0.658 bits per heavy atom. The zero-order valence-corrected chi connectivity index (χ0v) is 69.7. The van der Waals surface area contributed by atoms with Gasteiger partial charge < -0.3 is 90.2 Å². The van der Waals surface area contributed by atoms with Crippen molar-refractivity contribution in [2.45, 2.75) is 169 Å². The molecule has 30 nitrogen and oxygen atoms in total. The fraction of sp³-hybridized carbons (Fsp3) is 0.517. The number of anilines is 12. The lowest BCUT2D eigenvalue weighted by Crippen LogP contribution is -2.52. The molecule has 9 heterocycles. The molecule has 6 aromatic rings. The molecule has 3 aliphatic carbocycles. The molecule has 0 radical (unpaired) electrons. The van der Waals surface area contributed by atoms with Crippen LogP contribution in [0.25, 0.3) is 0 Å². The van der Waals surface area contributed by atoms with Gasteiger partial charge in [-0.1, -0.05) is 49.9 Å². The van der Waals surface area contributed by atoms with Crippen molar-refractivity contribution in [1.82, 2.24) is 60.6 Å². The summed E-state index contributed by atoms with van der Waals surface area (Å²) >= 11 is 0. The molecule has 3 saturated heterocycles. The molecule has 6 aliphatic heterocycles. The van der Waals surface area contributed by atoms with Gasteiger partial charge in [0.2, 0.25) is 17.8 Å². The number of carbonyl (C=O) groups excluding carboxylic acids is 6. The molecule has 33 heteroatoms. The van der Waals surface area contributed by atoms with E-state index in [1.807, 2.05) is 9.80 Å². The van der Waals surface area contributed by atoms with Crippen LogP contribution in [0.4, 0.5) is 82.6 Å². The third kappa shape index (κ3) is 19.0. The van der Waals surface area contributed by atoms with Gasteiger partial charge in [-0.2, -0.15) is 15.0 Å². The summed E-state index contributed by atoms with van der Waals surface area (Å²) in [7, 11) is 15.3. The van der Waals surface area contributed by atoms with Crippen molar-refractivity contribution in [3.63, 3.8) is 0 Å². The maximum atomic E-state index is 15.8. The Bertz CT molecular complexity index is 4910. The molecule has 6 fully saturated rings. The van der Waals surface area contributed by atoms with Crippen LogP contribution in [-0.4, -0.2) is 256 Å². The number of rotatable bonds is 18. The molecule has 6 N–H and O–H groups in total. The van der Waals surface area contributed by atoms with Crippen molar-refractivity contribution in [2.24, 2.45) is 0 Å². The molecule has 15 rings (SSSR count). The van der Waals surface area contributed by atoms with Crippen LogP contribution in [0.3, 0.4) is 0 Å². The van der Waals surface area contributed by atoms with Gasteiger partial charge in [-0.15, -0.1) is 19.3 Å². The Balaban J connectivity index is 0.000000156. The SMILES string of the molecule is C#C[C@@]1(F)CN(C2CCC2)c2nc(Nc3ccc(C(=O)NC4CCN(C)CC4)cc3OC)ncc2N(C)C1=O.C#C[C@@]1(F)CN(C2CCCC2)c2nc(Nc3ccc(C(=O)NC4CCN(C)CC4)cc3OC)ncc2N(C)C1=O.C#C[C@@]1(F)CN(C2CCCCC2)c2nc(Nc3ccc(C(=O)NC4CCN(C)CC4)cc3OC)ncc2N(C)C1=O. The number of amides is 6. The van der Waals surface area contributed by atoms with E-state index in [-0.39, 0.29) is 91.5 Å². The second-order valence-electron chi connectivity index (χ2n) is 32.6. The number of carbonyl (C=O) groups is 6. The lowest BCUT2D eigenvalue weighted by Gasteiger charge is -2.39. The first-order valence-electron chi connectivity index (χ1n) is 41.3. The van der Waals surface area contributed by atoms with E-state index in [4.69, 9.17) is 43.4 Å². The number of terminal acetylenes is 3. The Labute approximate surface area is 699 Å². The normalized spacial score (nSPS) is 22.4. The predicted octanol–water partition coefficient (Wildman–Crippen LogP) is 9.36. The van der Waals surface area contributed by atoms with Crippen LogP contribution in [0.2, 0.25) is 0 Å². The van der Waals surface area contributed by atoms with Crippen molar-refractivity contribution in [1.29, 1.82) is 0 Å². The number of fused-ring (bicyclic) bond motifs is 3. The van der Waals surface area contributed by atoms with Crippen LogP contribution in [0.15, 0.2) is 73.2 Å². The van der Waals surface area contributed by atoms with Crippen LogP contribution in [-0.2, 0) is 14.4 Å². The van der Waals surface area contributed by atoms with Gasteiger partial charge in [0.1, 0.15) is 34.3 Å². The topological polar surface area (TPSA) is 309 Å². The van der Waals surface area contributed by atoms with E-state index in [2.05, 4.69) is 105 Å². The van der Waals surface area contributed by atoms with Gasteiger partial charge in [-0.05, 0) is 198 Å². The molecule has 3 aromatic heterocycles. The highest BCUT2D eigenvalue weighted by Crippen LogP contribution is 2.45. The Kier molecular flexibility index (Phi) is 26.8. The van der Waals surface area contributed by atoms with E-state index in [1.54, 1.807) is 59.5 Å². The minimum absolute atomic E-state index is 0.00456. The van der Waals surface area contributed by atoms with Crippen LogP contribution in [0, 0.1) is 37.0 Å². The van der Waals surface area contributed by atoms with E-state index in [1.165, 1.54) is 75.8 Å². The first-order valence-corrected chi connectivity index (χ1v) is 41.3. The quantitative estimate of drug-likeness (QED) is 0.0436. The molecule has 0 bridgehead atoms. The maximum Gasteiger partial charge on any atom is 0.279 e. The van der Waals surface area contributed by atoms with E-state index in [9.17, 15) is 28.8 Å². The van der Waals surface area contributed by atoms with Gasteiger partial charge >= 0.3 is 0 Å². The highest BCUT2D eigenvalue weighted by molar-refractivity contribution is 6.07. The zero-order valence-electron chi connectivity index (χ0n) is 69.7. The van der Waals surface area contributed by atoms with Crippen molar-refractivity contribution in [3.8, 4) is 54.3 Å². The van der Waals surface area contributed by atoms with Gasteiger partial charge in [-0.25, -0.2) is 28.1 Å². The molecular formula is C87H108F3N21O9. The van der Waals surface area contributed by atoms with Crippen molar-refractivity contribution < 1.29 is 56.1 Å². The molecule has 120 heavy (non-hydrogen) atoms. The van der Waals surface area contributed by atoms with E-state index >= 15 is 13.2 Å². The summed E-state index contributed by atoms with van der Waals surface area (Å²) in [5, 5.41) is 18.9. The van der Waals surface area contributed by atoms with E-state index in [0.29, 0.717) is 85.5 Å². The molecule has 0 unspecified atom stereocenters. The smallest absolute Gasteiger partial charge is 0.279 e. The minimum atomic E-state index is -2.48. The van der Waals surface area contributed by atoms with E-state index < -0.39 is 34.7 Å². The van der Waals surface area contributed by atoms with Crippen LogP contribution in [0.5, 0.6) is 17.2 Å². The van der Waals surface area contributed by atoms with Crippen molar-refractivity contribution in [2.75, 3.05) is 168 Å². The lowest BCUT2D eigenvalue weighted by atomic mass is 9.90. The first kappa shape index (κ1) is 86.1. The molecule has 3 atom stereocenters. The maximum absolute atomic E-state index is 15.8. The summed E-state index contributed by atoms with van der Waals surface area (Å²) in [6, 6.07) is 15.9. The second kappa shape index (κ2) is 37.3. The van der Waals surface area contributed by atoms with Gasteiger partial charge in [0.25, 0.3) is 52.4 Å². The molecule has 6 amide bonds. The first-order chi connectivity index (χ1) is 57.7. The number of likely N-dealkylation sites (tertiary alicyclic amines) is 3. The Hall–Kier alpha value is -11.7. The van der Waals surface area contributed by atoms with Crippen molar-refractivity contribution >= 4 is 105 Å². The third-order valence-electron chi connectivity index (χ3n) is 24.5. The number of hydrogen-bond acceptors (Lipinski definition) is 24. The molecule has 636 valence electrons. The number of hydrogen-bond donors (Lipinski definition) is 6. The van der Waals surface area contributed by atoms with Crippen LogP contribution in [0.1, 0.15) is 147 Å². The van der Waals surface area contributed by atoms with Gasteiger partial charge in [0, 0.05) is 74.1 Å². The van der Waals surface area contributed by atoms with Crippen molar-refractivity contribution in [3.05, 3.63) is 89.9 Å². The van der Waals surface area contributed by atoms with Gasteiger partial charge in [0.05, 0.1) is 76.6 Å². The fourth-order valence-corrected chi connectivity index (χ4v) is 16.9. The standard InChI is InChI=1S/C30H38FN7O3.C29H36FN7O3.C28H34FN7O3/c1-5-30(31)19-38(22-9-7-6-8-10-22)26-24(37(3)28(30)40)18-32-29(35-26)34-23-12-11-20(17-25(23)41-4)27(39)33-21-13-15-36(2)16-14-21;1-5-29(30)18-37(21-8-6-7-9-21)25-23(36(3)27(29)39)17-31-28(34-25)33-22-11-10-19(16-24(22)40-4)26(38)32-20-12-14-35(2)15-13-20;1-5-28(29)17-36(20-7-6-8-20)24-22(35(3)26(28)38)16-30-27(33-24)32-21-10-9-18(15-23(21)39-4)25(37)31-19-11-13-34(2)14-12-19/h1,11-12,17-18,21-22H,6-10,13-16,19H2,2-4H3,(H,33,39)(H,32,34,35);1,10-11,16-17,20-21H,6-9,12-15,18H2,2-4H3,(H,32,38)(H,31,33,34);1,9-10,15-16,19-20H,6-8,11-14,17H2,2-4H3,(H,31,37)(H,30,32,33)/t30-;29-;28-/m111/s1.